The van der Waals surface area contributed by atoms with Crippen LogP contribution in [0.15, 0.2) is 0 Å². The van der Waals surface area contributed by atoms with Crippen molar-refractivity contribution in [3.8, 4) is 0 Å². The highest BCUT2D eigenvalue weighted by molar-refractivity contribution is 5.72. The van der Waals surface area contributed by atoms with Crippen molar-refractivity contribution in [3.05, 3.63) is 0 Å². The van der Waals surface area contributed by atoms with E-state index >= 15 is 0 Å². The Morgan fingerprint density at radius 2 is 2.00 bits per heavy atom. The molecule has 17 heavy (non-hydrogen) atoms. The summed E-state index contributed by atoms with van der Waals surface area (Å²) in [6.45, 7) is 10.2. The first-order valence-electron chi connectivity index (χ1n) is 6.15. The van der Waals surface area contributed by atoms with Crippen LogP contribution < -0.4 is 5.32 Å². The summed E-state index contributed by atoms with van der Waals surface area (Å²) in [7, 11) is 1.73. The van der Waals surface area contributed by atoms with Crippen LogP contribution in [0.1, 0.15) is 41.0 Å². The molecular weight excluding hydrogens is 218 g/mol. The van der Waals surface area contributed by atoms with E-state index in [2.05, 4.69) is 19.2 Å². The molecule has 0 aromatic carbocycles. The van der Waals surface area contributed by atoms with Gasteiger partial charge in [-0.3, -0.25) is 4.79 Å². The van der Waals surface area contributed by atoms with Gasteiger partial charge in [0.05, 0.1) is 12.6 Å². The van der Waals surface area contributed by atoms with Crippen LogP contribution >= 0.6 is 0 Å². The lowest BCUT2D eigenvalue weighted by atomic mass is 9.64. The molecule has 4 nitrogen and oxygen atoms in total. The molecule has 1 N–H and O–H groups in total. The molecule has 1 saturated carbocycles. The van der Waals surface area contributed by atoms with Gasteiger partial charge in [0.1, 0.15) is 5.60 Å². The molecule has 1 aliphatic carbocycles. The van der Waals surface area contributed by atoms with E-state index in [4.69, 9.17) is 9.47 Å². The summed E-state index contributed by atoms with van der Waals surface area (Å²) < 4.78 is 10.6. The van der Waals surface area contributed by atoms with Crippen molar-refractivity contribution in [2.45, 2.75) is 58.8 Å². The van der Waals surface area contributed by atoms with Gasteiger partial charge in [0.2, 0.25) is 0 Å². The van der Waals surface area contributed by atoms with Crippen molar-refractivity contribution in [2.75, 3.05) is 13.7 Å². The van der Waals surface area contributed by atoms with E-state index in [0.717, 1.165) is 6.42 Å². The van der Waals surface area contributed by atoms with E-state index in [9.17, 15) is 4.79 Å². The highest BCUT2D eigenvalue weighted by atomic mass is 16.6. The Balaban J connectivity index is 2.31. The lowest BCUT2D eigenvalue weighted by Gasteiger charge is -2.51. The van der Waals surface area contributed by atoms with Crippen molar-refractivity contribution in [1.82, 2.24) is 5.32 Å². The number of carbonyl (C=O) groups excluding carboxylic acids is 1. The van der Waals surface area contributed by atoms with Crippen LogP contribution in [0, 0.1) is 5.41 Å². The summed E-state index contributed by atoms with van der Waals surface area (Å²) >= 11 is 0. The number of carbonyl (C=O) groups is 1. The van der Waals surface area contributed by atoms with Crippen LogP contribution in [0.5, 0.6) is 0 Å². The van der Waals surface area contributed by atoms with Gasteiger partial charge in [-0.1, -0.05) is 13.8 Å². The number of esters is 1. The maximum Gasteiger partial charge on any atom is 0.320 e. The van der Waals surface area contributed by atoms with E-state index in [1.807, 2.05) is 20.8 Å². The Labute approximate surface area is 104 Å². The lowest BCUT2D eigenvalue weighted by molar-refractivity contribution is -0.155. The molecule has 1 fully saturated rings. The second-order valence-corrected chi connectivity index (χ2v) is 6.30. The molecule has 0 bridgehead atoms. The molecular formula is C13H25NO3. The van der Waals surface area contributed by atoms with E-state index < -0.39 is 5.60 Å². The number of nitrogens with one attached hydrogen (secondary N) is 1. The number of ether oxygens (including phenoxy) is 2. The van der Waals surface area contributed by atoms with Crippen molar-refractivity contribution in [3.63, 3.8) is 0 Å². The quantitative estimate of drug-likeness (QED) is 0.764. The lowest BCUT2D eigenvalue weighted by Crippen LogP contribution is -2.61. The van der Waals surface area contributed by atoms with Crippen LogP contribution in [0.2, 0.25) is 0 Å². The Morgan fingerprint density at radius 1 is 1.41 bits per heavy atom. The third-order valence-corrected chi connectivity index (χ3v) is 3.38. The van der Waals surface area contributed by atoms with E-state index in [-0.39, 0.29) is 24.0 Å². The smallest absolute Gasteiger partial charge is 0.320 e. The second kappa shape index (κ2) is 4.94. The van der Waals surface area contributed by atoms with Crippen LogP contribution in [0.25, 0.3) is 0 Å². The molecule has 2 atom stereocenters. The minimum absolute atomic E-state index is 0.0801. The number of hydrogen-bond donors (Lipinski definition) is 1. The Morgan fingerprint density at radius 3 is 2.41 bits per heavy atom. The Kier molecular flexibility index (Phi) is 4.20. The van der Waals surface area contributed by atoms with Gasteiger partial charge in [-0.2, -0.15) is 0 Å². The zero-order valence-electron chi connectivity index (χ0n) is 11.8. The average molecular weight is 243 g/mol. The molecule has 1 rings (SSSR count). The normalized spacial score (nSPS) is 27.4. The molecule has 0 radical (unpaired) electrons. The summed E-state index contributed by atoms with van der Waals surface area (Å²) in [5, 5.41) is 3.24. The molecule has 1 aliphatic rings. The first kappa shape index (κ1) is 14.5. The molecule has 0 aromatic heterocycles. The van der Waals surface area contributed by atoms with Gasteiger partial charge < -0.3 is 14.8 Å². The van der Waals surface area contributed by atoms with Gasteiger partial charge >= 0.3 is 5.97 Å². The third-order valence-electron chi connectivity index (χ3n) is 3.38. The number of methoxy groups -OCH3 is 1. The summed E-state index contributed by atoms with van der Waals surface area (Å²) in [6.07, 6.45) is 1.23. The van der Waals surface area contributed by atoms with Gasteiger partial charge in [-0.25, -0.2) is 0 Å². The molecule has 0 heterocycles. The van der Waals surface area contributed by atoms with Crippen molar-refractivity contribution >= 4 is 5.97 Å². The SMILES string of the molecule is COC1CC(NCC(=O)OC(C)(C)C)C1(C)C. The Hall–Kier alpha value is -0.610. The van der Waals surface area contributed by atoms with E-state index in [1.54, 1.807) is 7.11 Å². The second-order valence-electron chi connectivity index (χ2n) is 6.30. The molecule has 0 aromatic rings. The maximum absolute atomic E-state index is 11.5. The minimum Gasteiger partial charge on any atom is -0.459 e. The fourth-order valence-corrected chi connectivity index (χ4v) is 2.22. The minimum atomic E-state index is -0.414. The molecule has 0 aliphatic heterocycles. The molecule has 0 spiro atoms. The molecule has 4 heteroatoms. The fraction of sp³-hybridized carbons (Fsp3) is 0.923. The number of hydrogen-bond acceptors (Lipinski definition) is 4. The first-order chi connectivity index (χ1) is 7.66. The topological polar surface area (TPSA) is 47.6 Å². The van der Waals surface area contributed by atoms with Crippen molar-refractivity contribution in [1.29, 1.82) is 0 Å². The highest BCUT2D eigenvalue weighted by Gasteiger charge is 2.48. The van der Waals surface area contributed by atoms with E-state index in [1.165, 1.54) is 0 Å². The molecule has 100 valence electrons. The van der Waals surface area contributed by atoms with Crippen LogP contribution in [0.3, 0.4) is 0 Å². The van der Waals surface area contributed by atoms with E-state index in [0.29, 0.717) is 6.04 Å². The largest absolute Gasteiger partial charge is 0.459 e. The molecule has 0 amide bonds. The maximum atomic E-state index is 11.5. The predicted octanol–water partition coefficient (Wildman–Crippen LogP) is 1.73. The average Bonchev–Trinajstić information content (AvgIpc) is 2.13. The van der Waals surface area contributed by atoms with Gasteiger partial charge in [-0.05, 0) is 27.2 Å². The zero-order valence-corrected chi connectivity index (χ0v) is 11.8. The third kappa shape index (κ3) is 3.68. The van der Waals surface area contributed by atoms with Crippen LogP contribution in [-0.4, -0.2) is 37.4 Å². The fourth-order valence-electron chi connectivity index (χ4n) is 2.22. The molecule has 2 unspecified atom stereocenters. The van der Waals surface area contributed by atoms with Gasteiger partial charge in [0.15, 0.2) is 0 Å². The first-order valence-corrected chi connectivity index (χ1v) is 6.15. The summed E-state index contributed by atoms with van der Waals surface area (Å²) in [5.74, 6) is -0.200. The van der Waals surface area contributed by atoms with Gasteiger partial charge in [0, 0.05) is 18.6 Å². The monoisotopic (exact) mass is 243 g/mol. The van der Waals surface area contributed by atoms with Crippen LogP contribution in [0.4, 0.5) is 0 Å². The van der Waals surface area contributed by atoms with Crippen molar-refractivity contribution < 1.29 is 14.3 Å². The number of rotatable bonds is 4. The predicted molar refractivity (Wildman–Crippen MR) is 66.8 cm³/mol. The standard InChI is InChI=1S/C13H25NO3/c1-12(2,3)17-11(15)8-14-9-7-10(16-6)13(9,4)5/h9-10,14H,7-8H2,1-6H3. The van der Waals surface area contributed by atoms with Gasteiger partial charge in [0.25, 0.3) is 0 Å². The van der Waals surface area contributed by atoms with Crippen molar-refractivity contribution in [2.24, 2.45) is 5.41 Å². The molecule has 0 saturated heterocycles. The summed E-state index contributed by atoms with van der Waals surface area (Å²) in [6, 6.07) is 0.319. The summed E-state index contributed by atoms with van der Waals surface area (Å²) in [4.78, 5) is 11.5. The van der Waals surface area contributed by atoms with Crippen LogP contribution in [-0.2, 0) is 14.3 Å². The Bertz CT molecular complexity index is 281. The van der Waals surface area contributed by atoms with Gasteiger partial charge in [-0.15, -0.1) is 0 Å². The zero-order chi connectivity index (χ0) is 13.3. The highest BCUT2D eigenvalue weighted by Crippen LogP contribution is 2.42. The summed E-state index contributed by atoms with van der Waals surface area (Å²) in [5.41, 5.74) is -0.334.